The largest absolute Gasteiger partial charge is 0.347 e. The van der Waals surface area contributed by atoms with E-state index in [1.165, 1.54) is 48.3 Å². The number of piperidine rings is 1. The summed E-state index contributed by atoms with van der Waals surface area (Å²) in [6, 6.07) is 6.84. The second kappa shape index (κ2) is 4.53. The van der Waals surface area contributed by atoms with Crippen molar-refractivity contribution in [3.05, 3.63) is 47.0 Å². The number of benzene rings is 1. The first-order valence-electron chi connectivity index (χ1n) is 7.14. The molecule has 3 N–H and O–H groups in total. The summed E-state index contributed by atoms with van der Waals surface area (Å²) in [5.41, 5.74) is 3.59. The summed E-state index contributed by atoms with van der Waals surface area (Å²) in [6.07, 6.45) is 2.44. The van der Waals surface area contributed by atoms with Crippen molar-refractivity contribution in [1.29, 1.82) is 0 Å². The molecule has 5 heteroatoms. The maximum Gasteiger partial charge on any atom is 0.171 e. The number of nitrogens with one attached hydrogen (secondary N) is 3. The number of thiocarbonyl (C=S) groups is 1. The molecule has 1 saturated heterocycles. The number of quaternary nitrogens is 1. The van der Waals surface area contributed by atoms with Gasteiger partial charge in [0.25, 0.3) is 0 Å². The third-order valence-corrected chi connectivity index (χ3v) is 4.88. The Kier molecular flexibility index (Phi) is 2.79. The van der Waals surface area contributed by atoms with Gasteiger partial charge < -0.3 is 15.5 Å². The molecule has 0 saturated carbocycles. The lowest BCUT2D eigenvalue weighted by atomic mass is 9.83. The number of hydrogen-bond acceptors (Lipinski definition) is 1. The molecule has 0 amide bonds. The number of rotatable bonds is 1. The molecule has 3 nitrogen and oxygen atoms in total. The van der Waals surface area contributed by atoms with E-state index in [4.69, 9.17) is 12.2 Å². The highest BCUT2D eigenvalue weighted by Gasteiger charge is 2.44. The van der Waals surface area contributed by atoms with E-state index >= 15 is 0 Å². The molecule has 1 unspecified atom stereocenters. The molecular weight excluding hydrogens is 273 g/mol. The molecule has 4 heterocycles. The van der Waals surface area contributed by atoms with Gasteiger partial charge >= 0.3 is 0 Å². The van der Waals surface area contributed by atoms with Crippen molar-refractivity contribution < 1.29 is 9.29 Å². The van der Waals surface area contributed by atoms with E-state index in [1.54, 1.807) is 12.1 Å². The van der Waals surface area contributed by atoms with Crippen LogP contribution in [0.4, 0.5) is 4.39 Å². The highest BCUT2D eigenvalue weighted by molar-refractivity contribution is 7.80. The first-order chi connectivity index (χ1) is 9.72. The van der Waals surface area contributed by atoms with Crippen LogP contribution in [0.5, 0.6) is 0 Å². The van der Waals surface area contributed by atoms with Gasteiger partial charge in [-0.25, -0.2) is 4.39 Å². The highest BCUT2D eigenvalue weighted by Crippen LogP contribution is 2.33. The van der Waals surface area contributed by atoms with E-state index in [0.29, 0.717) is 11.0 Å². The maximum atomic E-state index is 13.5. The Morgan fingerprint density at radius 3 is 2.80 bits per heavy atom. The third-order valence-electron chi connectivity index (χ3n) is 4.66. The van der Waals surface area contributed by atoms with Crippen LogP contribution < -0.4 is 15.5 Å². The molecule has 0 spiro atoms. The van der Waals surface area contributed by atoms with Gasteiger partial charge in [-0.15, -0.1) is 0 Å². The van der Waals surface area contributed by atoms with Gasteiger partial charge in [0, 0.05) is 18.8 Å². The summed E-state index contributed by atoms with van der Waals surface area (Å²) in [5.74, 6) is 0.403. The van der Waals surface area contributed by atoms with E-state index < -0.39 is 0 Å². The fourth-order valence-electron chi connectivity index (χ4n) is 3.76. The Morgan fingerprint density at radius 1 is 1.25 bits per heavy atom. The van der Waals surface area contributed by atoms with E-state index in [-0.39, 0.29) is 11.9 Å². The zero-order valence-corrected chi connectivity index (χ0v) is 11.9. The molecule has 20 heavy (non-hydrogen) atoms. The molecule has 5 rings (SSSR count). The standard InChI is InChI=1S/C15H16FN3S/c16-11-3-1-2-10(8-11)13-14-12(17-15(20)18-13)9-4-6-19(14)7-5-9/h1-3,8-9,13H,4-7H2,(H2,17,18,20)/p+1. The average molecular weight is 290 g/mol. The fourth-order valence-corrected chi connectivity index (χ4v) is 3.99. The Bertz CT molecular complexity index is 605. The molecule has 2 bridgehead atoms. The number of allylic oxidation sites excluding steroid dienone is 1. The quantitative estimate of drug-likeness (QED) is 0.670. The van der Waals surface area contributed by atoms with E-state index in [0.717, 1.165) is 5.56 Å². The third kappa shape index (κ3) is 1.84. The van der Waals surface area contributed by atoms with Crippen molar-refractivity contribution in [3.8, 4) is 0 Å². The van der Waals surface area contributed by atoms with Crippen LogP contribution in [0.1, 0.15) is 24.4 Å². The van der Waals surface area contributed by atoms with Crippen LogP contribution in [0.3, 0.4) is 0 Å². The van der Waals surface area contributed by atoms with Gasteiger partial charge in [-0.05, 0) is 29.9 Å². The maximum absolute atomic E-state index is 13.5. The zero-order valence-electron chi connectivity index (χ0n) is 11.1. The predicted molar refractivity (Wildman–Crippen MR) is 78.5 cm³/mol. The lowest BCUT2D eigenvalue weighted by molar-refractivity contribution is -0.875. The van der Waals surface area contributed by atoms with Crippen molar-refractivity contribution in [3.63, 3.8) is 0 Å². The molecule has 104 valence electrons. The van der Waals surface area contributed by atoms with Crippen LogP contribution in [0.2, 0.25) is 0 Å². The Labute approximate surface area is 122 Å². The van der Waals surface area contributed by atoms with Crippen molar-refractivity contribution in [1.82, 2.24) is 10.6 Å². The van der Waals surface area contributed by atoms with Gasteiger partial charge in [0.2, 0.25) is 0 Å². The lowest BCUT2D eigenvalue weighted by Crippen LogP contribution is -3.14. The first kappa shape index (κ1) is 12.3. The van der Waals surface area contributed by atoms with Crippen LogP contribution in [0.25, 0.3) is 0 Å². The lowest BCUT2D eigenvalue weighted by Gasteiger charge is -2.44. The van der Waals surface area contributed by atoms with Crippen molar-refractivity contribution in [2.75, 3.05) is 13.1 Å². The monoisotopic (exact) mass is 290 g/mol. The minimum absolute atomic E-state index is 0.00699. The highest BCUT2D eigenvalue weighted by atomic mass is 32.1. The van der Waals surface area contributed by atoms with Crippen LogP contribution in [-0.4, -0.2) is 18.2 Å². The molecule has 4 aliphatic heterocycles. The Hall–Kier alpha value is -1.46. The van der Waals surface area contributed by atoms with Crippen LogP contribution in [-0.2, 0) is 0 Å². The molecule has 0 aromatic heterocycles. The molecular formula is C15H17FN3S+. The molecule has 0 aliphatic carbocycles. The number of hydrogen-bond donors (Lipinski definition) is 3. The van der Waals surface area contributed by atoms with Crippen LogP contribution in [0.15, 0.2) is 35.7 Å². The van der Waals surface area contributed by atoms with Gasteiger partial charge in [-0.2, -0.15) is 0 Å². The van der Waals surface area contributed by atoms with Gasteiger partial charge in [0.1, 0.15) is 11.9 Å². The van der Waals surface area contributed by atoms with E-state index in [9.17, 15) is 4.39 Å². The summed E-state index contributed by atoms with van der Waals surface area (Å²) in [7, 11) is 0. The number of fused-ring (bicyclic) bond motifs is 2. The second-order valence-corrected chi connectivity index (χ2v) is 6.20. The fraction of sp³-hybridized carbons (Fsp3) is 0.400. The van der Waals surface area contributed by atoms with Gasteiger partial charge in [0.15, 0.2) is 10.8 Å². The summed E-state index contributed by atoms with van der Waals surface area (Å²) >= 11 is 5.34. The summed E-state index contributed by atoms with van der Waals surface area (Å²) in [5, 5.41) is 7.33. The van der Waals surface area contributed by atoms with Crippen molar-refractivity contribution in [2.24, 2.45) is 5.92 Å². The van der Waals surface area contributed by atoms with Gasteiger partial charge in [-0.3, -0.25) is 0 Å². The van der Waals surface area contributed by atoms with Gasteiger partial charge in [-0.1, -0.05) is 12.1 Å². The minimum Gasteiger partial charge on any atom is -0.347 e. The average Bonchev–Trinajstić information content (AvgIpc) is 2.47. The molecule has 1 atom stereocenters. The van der Waals surface area contributed by atoms with Gasteiger partial charge in [0.05, 0.1) is 18.8 Å². The Morgan fingerprint density at radius 2 is 2.05 bits per heavy atom. The molecule has 1 aromatic carbocycles. The van der Waals surface area contributed by atoms with Crippen molar-refractivity contribution in [2.45, 2.75) is 18.9 Å². The summed E-state index contributed by atoms with van der Waals surface area (Å²) < 4.78 is 13.5. The second-order valence-electron chi connectivity index (χ2n) is 5.79. The van der Waals surface area contributed by atoms with E-state index in [1.807, 2.05) is 6.07 Å². The van der Waals surface area contributed by atoms with Crippen LogP contribution in [0, 0.1) is 11.7 Å². The van der Waals surface area contributed by atoms with E-state index in [2.05, 4.69) is 10.6 Å². The molecule has 1 fully saturated rings. The normalized spacial score (nSPS) is 31.6. The number of halogens is 1. The molecule has 4 aliphatic rings. The van der Waals surface area contributed by atoms with Crippen LogP contribution >= 0.6 is 12.2 Å². The Balaban J connectivity index is 1.82. The van der Waals surface area contributed by atoms with Crippen molar-refractivity contribution >= 4 is 17.3 Å². The zero-order chi connectivity index (χ0) is 13.7. The first-order valence-corrected chi connectivity index (χ1v) is 7.55. The predicted octanol–water partition coefficient (Wildman–Crippen LogP) is 0.865. The summed E-state index contributed by atoms with van der Waals surface area (Å²) in [6.45, 7) is 2.34. The molecule has 1 aromatic rings. The topological polar surface area (TPSA) is 28.5 Å². The molecule has 0 radical (unpaired) electrons. The SMILES string of the molecule is Fc1cccc(C2NC(=S)NC3=C2[NH+]2CCC3CC2)c1. The minimum atomic E-state index is -0.193. The summed E-state index contributed by atoms with van der Waals surface area (Å²) in [4.78, 5) is 1.51. The smallest absolute Gasteiger partial charge is 0.171 e.